The number of halogens is 8. The van der Waals surface area contributed by atoms with E-state index in [9.17, 15) is 36.2 Å². The molecular formula is C30H26ClF7N2O3. The van der Waals surface area contributed by atoms with E-state index in [1.165, 1.54) is 13.3 Å². The van der Waals surface area contributed by atoms with E-state index in [0.29, 0.717) is 28.8 Å². The molecule has 0 aliphatic carbocycles. The number of hydrogen-bond donors (Lipinski definition) is 1. The lowest BCUT2D eigenvalue weighted by Gasteiger charge is -2.38. The van der Waals surface area contributed by atoms with Crippen LogP contribution in [0.1, 0.15) is 54.1 Å². The van der Waals surface area contributed by atoms with E-state index in [4.69, 9.17) is 16.3 Å². The number of alkyl halides is 7. The Morgan fingerprint density at radius 1 is 1.09 bits per heavy atom. The van der Waals surface area contributed by atoms with Crippen molar-refractivity contribution >= 4 is 28.5 Å². The molecule has 1 fully saturated rings. The summed E-state index contributed by atoms with van der Waals surface area (Å²) in [5.74, 6) is 4.36. The van der Waals surface area contributed by atoms with Gasteiger partial charge in [-0.25, -0.2) is 4.39 Å². The topological polar surface area (TPSA) is 62.7 Å². The van der Waals surface area contributed by atoms with Crippen LogP contribution in [0.25, 0.3) is 10.9 Å². The van der Waals surface area contributed by atoms with Gasteiger partial charge in [0.2, 0.25) is 0 Å². The van der Waals surface area contributed by atoms with Gasteiger partial charge in [-0.2, -0.15) is 26.3 Å². The largest absolute Gasteiger partial charge is 0.497 e. The second kappa shape index (κ2) is 12.6. The van der Waals surface area contributed by atoms with Gasteiger partial charge < -0.3 is 9.84 Å². The number of methoxy groups -OCH3 is 1. The fourth-order valence-electron chi connectivity index (χ4n) is 5.15. The van der Waals surface area contributed by atoms with Gasteiger partial charge in [-0.1, -0.05) is 23.4 Å². The van der Waals surface area contributed by atoms with Crippen molar-refractivity contribution in [1.29, 1.82) is 0 Å². The molecule has 230 valence electrons. The minimum absolute atomic E-state index is 0.000519. The summed E-state index contributed by atoms with van der Waals surface area (Å²) in [6.45, 7) is 0.481. The van der Waals surface area contributed by atoms with Gasteiger partial charge in [0.15, 0.2) is 0 Å². The number of pyridine rings is 1. The van der Waals surface area contributed by atoms with E-state index in [2.05, 4.69) is 16.8 Å². The summed E-state index contributed by atoms with van der Waals surface area (Å²) < 4.78 is 99.5. The first-order valence-electron chi connectivity index (χ1n) is 13.1. The number of carboxylic acid groups (broad SMARTS) is 1. The van der Waals surface area contributed by atoms with Crippen LogP contribution in [0.5, 0.6) is 5.75 Å². The first-order valence-corrected chi connectivity index (χ1v) is 13.5. The molecule has 2 aromatic carbocycles. The van der Waals surface area contributed by atoms with E-state index in [1.54, 1.807) is 23.1 Å². The van der Waals surface area contributed by atoms with Crippen LogP contribution in [-0.2, 0) is 17.1 Å². The third kappa shape index (κ3) is 7.51. The van der Waals surface area contributed by atoms with Crippen molar-refractivity contribution in [2.75, 3.05) is 26.7 Å². The fourth-order valence-corrected chi connectivity index (χ4v) is 5.42. The number of carboxylic acids is 1. The fraction of sp³-hybridized carbons (Fsp3) is 0.400. The summed E-state index contributed by atoms with van der Waals surface area (Å²) in [6.07, 6.45) is -10.0. The third-order valence-electron chi connectivity index (χ3n) is 7.65. The summed E-state index contributed by atoms with van der Waals surface area (Å²) in [4.78, 5) is 18.3. The van der Waals surface area contributed by atoms with Crippen molar-refractivity contribution in [3.05, 3.63) is 69.9 Å². The molecule has 3 aromatic rings. The normalized spacial score (nSPS) is 16.4. The molecule has 1 aliphatic heterocycles. The Bertz CT molecular complexity index is 1520. The van der Waals surface area contributed by atoms with Crippen LogP contribution in [0.3, 0.4) is 0 Å². The zero-order chi connectivity index (χ0) is 31.6. The van der Waals surface area contributed by atoms with Crippen LogP contribution in [0.2, 0.25) is 5.02 Å². The molecule has 5 nitrogen and oxygen atoms in total. The zero-order valence-corrected chi connectivity index (χ0v) is 23.5. The number of ether oxygens (including phenoxy) is 1. The third-order valence-corrected chi connectivity index (χ3v) is 7.95. The van der Waals surface area contributed by atoms with Crippen LogP contribution >= 0.6 is 11.6 Å². The molecule has 2 heterocycles. The van der Waals surface area contributed by atoms with Crippen molar-refractivity contribution in [2.45, 2.75) is 44.2 Å². The molecule has 1 aromatic heterocycles. The van der Waals surface area contributed by atoms with Gasteiger partial charge in [-0.05, 0) is 62.1 Å². The van der Waals surface area contributed by atoms with Crippen molar-refractivity contribution < 1.29 is 45.4 Å². The van der Waals surface area contributed by atoms with Crippen molar-refractivity contribution in [3.63, 3.8) is 0 Å². The molecule has 1 aliphatic rings. The molecule has 1 unspecified atom stereocenters. The summed E-state index contributed by atoms with van der Waals surface area (Å²) in [5, 5.41) is 10.6. The average molecular weight is 631 g/mol. The number of hydrogen-bond acceptors (Lipinski definition) is 4. The quantitative estimate of drug-likeness (QED) is 0.212. The van der Waals surface area contributed by atoms with Crippen LogP contribution in [0.4, 0.5) is 30.7 Å². The smallest absolute Gasteiger partial charge is 0.416 e. The van der Waals surface area contributed by atoms with Gasteiger partial charge in [0, 0.05) is 35.8 Å². The molecule has 0 bridgehead atoms. The number of aliphatic carboxylic acids is 1. The molecule has 43 heavy (non-hydrogen) atoms. The molecule has 0 saturated carbocycles. The second-order valence-corrected chi connectivity index (χ2v) is 10.8. The lowest BCUT2D eigenvalue weighted by atomic mass is 9.74. The predicted molar refractivity (Wildman–Crippen MR) is 145 cm³/mol. The second-order valence-electron chi connectivity index (χ2n) is 10.4. The minimum Gasteiger partial charge on any atom is -0.497 e. The predicted octanol–water partition coefficient (Wildman–Crippen LogP) is 7.94. The Hall–Kier alpha value is -3.56. The Balaban J connectivity index is 1.43. The Kier molecular flexibility index (Phi) is 9.47. The number of aromatic nitrogens is 1. The van der Waals surface area contributed by atoms with Gasteiger partial charge >= 0.3 is 18.3 Å². The minimum atomic E-state index is -4.98. The molecule has 0 radical (unpaired) electrons. The van der Waals surface area contributed by atoms with E-state index < -0.39 is 46.6 Å². The highest BCUT2D eigenvalue weighted by Gasteiger charge is 2.42. The van der Waals surface area contributed by atoms with E-state index in [1.807, 2.05) is 0 Å². The van der Waals surface area contributed by atoms with Crippen molar-refractivity contribution in [2.24, 2.45) is 5.41 Å². The Labute approximate surface area is 247 Å². The molecule has 0 spiro atoms. The molecule has 1 saturated heterocycles. The monoisotopic (exact) mass is 630 g/mol. The van der Waals surface area contributed by atoms with Gasteiger partial charge in [-0.15, -0.1) is 0 Å². The molecule has 4 rings (SSSR count). The average Bonchev–Trinajstić information content (AvgIpc) is 2.95. The highest BCUT2D eigenvalue weighted by molar-refractivity contribution is 6.32. The first-order chi connectivity index (χ1) is 20.1. The summed E-state index contributed by atoms with van der Waals surface area (Å²) in [7, 11) is 1.47. The number of likely N-dealkylation sites (tertiary alicyclic amines) is 1. The molecule has 1 atom stereocenters. The number of rotatable bonds is 7. The van der Waals surface area contributed by atoms with Gasteiger partial charge in [0.1, 0.15) is 11.9 Å². The SMILES string of the molecule is COc1ccc2ncc(Cl)c(C(F)CCC3(C(=O)O)CCN(CC#Cc4cc(C(F)(F)F)cc(C(F)(F)F)c4)CC3)c2c1. The maximum Gasteiger partial charge on any atom is 0.416 e. The van der Waals surface area contributed by atoms with Crippen LogP contribution in [-0.4, -0.2) is 47.7 Å². The van der Waals surface area contributed by atoms with Crippen LogP contribution < -0.4 is 4.74 Å². The molecule has 1 N–H and O–H groups in total. The number of fused-ring (bicyclic) bond motifs is 1. The summed E-state index contributed by atoms with van der Waals surface area (Å²) in [6, 6.07) is 6.10. The molecule has 13 heteroatoms. The number of carbonyl (C=O) groups is 1. The number of benzene rings is 2. The molecular weight excluding hydrogens is 605 g/mol. The van der Waals surface area contributed by atoms with Crippen molar-refractivity contribution in [3.8, 4) is 17.6 Å². The highest BCUT2D eigenvalue weighted by Crippen LogP contribution is 2.42. The Morgan fingerprint density at radius 3 is 2.28 bits per heavy atom. The van der Waals surface area contributed by atoms with Gasteiger partial charge in [0.25, 0.3) is 0 Å². The Morgan fingerprint density at radius 2 is 1.72 bits per heavy atom. The standard InChI is InChI=1S/C30H26ClF7N2O3/c1-43-21-4-5-25-22(16-21)26(23(31)17-39-25)24(32)6-7-28(27(41)42)8-11-40(12-9-28)10-2-3-18-13-19(29(33,34)35)15-20(14-18)30(36,37)38/h4-5,13-17,24H,6-12H2,1H3,(H,41,42). The maximum atomic E-state index is 15.6. The summed E-state index contributed by atoms with van der Waals surface area (Å²) in [5.41, 5.74) is -3.88. The molecule has 0 amide bonds. The number of piperidine rings is 1. The zero-order valence-electron chi connectivity index (χ0n) is 22.8. The van der Waals surface area contributed by atoms with Gasteiger partial charge in [-0.3, -0.25) is 14.7 Å². The van der Waals surface area contributed by atoms with E-state index >= 15 is 4.39 Å². The van der Waals surface area contributed by atoms with E-state index in [-0.39, 0.29) is 62.0 Å². The van der Waals surface area contributed by atoms with E-state index in [0.717, 1.165) is 0 Å². The van der Waals surface area contributed by atoms with Gasteiger partial charge in [0.05, 0.1) is 40.7 Å². The lowest BCUT2D eigenvalue weighted by Crippen LogP contribution is -2.44. The van der Waals surface area contributed by atoms with Crippen molar-refractivity contribution in [1.82, 2.24) is 9.88 Å². The highest BCUT2D eigenvalue weighted by atomic mass is 35.5. The lowest BCUT2D eigenvalue weighted by molar-refractivity contribution is -0.153. The first kappa shape index (κ1) is 32.4. The summed E-state index contributed by atoms with van der Waals surface area (Å²) >= 11 is 6.30. The number of nitrogens with zero attached hydrogens (tertiary/aromatic N) is 2. The maximum absolute atomic E-state index is 15.6. The van der Waals surface area contributed by atoms with Crippen LogP contribution in [0.15, 0.2) is 42.6 Å². The van der Waals surface area contributed by atoms with Crippen LogP contribution in [0, 0.1) is 17.3 Å².